The van der Waals surface area contributed by atoms with E-state index in [0.717, 1.165) is 56.7 Å². The SMILES string of the molecule is CC.CC12CCC(=O)CC1CCC1C2CCC2(C)C1CCC21OCCO1. The number of ketones is 1. The first-order valence-corrected chi connectivity index (χ1v) is 11.3. The Morgan fingerprint density at radius 3 is 2.31 bits per heavy atom. The van der Waals surface area contributed by atoms with Crippen molar-refractivity contribution >= 4 is 5.78 Å². The second-order valence-electron chi connectivity index (χ2n) is 9.84. The minimum absolute atomic E-state index is 0.207. The van der Waals surface area contributed by atoms with Gasteiger partial charge in [-0.3, -0.25) is 4.79 Å². The molecule has 1 heterocycles. The summed E-state index contributed by atoms with van der Waals surface area (Å²) in [6, 6.07) is 0. The highest BCUT2D eigenvalue weighted by Crippen LogP contribution is 2.69. The standard InChI is InChI=1S/C21H32O3.C2H6/c1-19-8-5-15(22)13-14(19)3-4-16-17(19)6-9-20(2)18(16)7-10-21(20)23-11-12-24-21;1-2/h14,16-18H,3-13H2,1-2H3;1-2H3. The summed E-state index contributed by atoms with van der Waals surface area (Å²) in [4.78, 5) is 12.0. The Morgan fingerprint density at radius 2 is 1.58 bits per heavy atom. The molecule has 3 nitrogen and oxygen atoms in total. The molecule has 0 amide bonds. The predicted octanol–water partition coefficient (Wildman–Crippen LogP) is 5.37. The van der Waals surface area contributed by atoms with E-state index in [0.29, 0.717) is 17.1 Å². The number of hydrogen-bond donors (Lipinski definition) is 0. The first-order valence-electron chi connectivity index (χ1n) is 11.3. The maximum Gasteiger partial charge on any atom is 0.174 e. The van der Waals surface area contributed by atoms with Gasteiger partial charge < -0.3 is 9.47 Å². The Balaban J connectivity index is 0.000000814. The molecular weight excluding hydrogens is 324 g/mol. The summed E-state index contributed by atoms with van der Waals surface area (Å²) in [6.07, 6.45) is 10.3. The monoisotopic (exact) mass is 362 g/mol. The topological polar surface area (TPSA) is 35.5 Å². The van der Waals surface area contributed by atoms with E-state index in [4.69, 9.17) is 9.47 Å². The van der Waals surface area contributed by atoms with Gasteiger partial charge in [-0.1, -0.05) is 27.7 Å². The zero-order valence-electron chi connectivity index (χ0n) is 17.3. The van der Waals surface area contributed by atoms with Crippen molar-refractivity contribution in [1.82, 2.24) is 0 Å². The van der Waals surface area contributed by atoms with Crippen LogP contribution < -0.4 is 0 Å². The fourth-order valence-electron chi connectivity index (χ4n) is 7.93. The molecular formula is C23H38O3. The number of fused-ring (bicyclic) bond motifs is 6. The first-order chi connectivity index (χ1) is 12.5. The Hall–Kier alpha value is -0.410. The fourth-order valence-corrected chi connectivity index (χ4v) is 7.93. The molecule has 0 radical (unpaired) electrons. The van der Waals surface area contributed by atoms with Crippen LogP contribution >= 0.6 is 0 Å². The lowest BCUT2D eigenvalue weighted by atomic mass is 9.45. The fraction of sp³-hybridized carbons (Fsp3) is 0.957. The molecule has 5 aliphatic rings. The first kappa shape index (κ1) is 18.9. The molecule has 0 N–H and O–H groups in total. The molecule has 148 valence electrons. The number of Topliss-reactive ketones (excluding diaryl/α,β-unsaturated/α-hetero) is 1. The molecule has 0 aromatic heterocycles. The molecule has 6 atom stereocenters. The van der Waals surface area contributed by atoms with Gasteiger partial charge in [-0.2, -0.15) is 0 Å². The third kappa shape index (κ3) is 2.42. The third-order valence-electron chi connectivity index (χ3n) is 9.28. The van der Waals surface area contributed by atoms with Crippen molar-refractivity contribution < 1.29 is 14.3 Å². The molecule has 1 saturated heterocycles. The largest absolute Gasteiger partial charge is 0.347 e. The molecule has 0 aromatic carbocycles. The lowest BCUT2D eigenvalue weighted by molar-refractivity contribution is -0.246. The summed E-state index contributed by atoms with van der Waals surface area (Å²) in [5, 5.41) is 0. The summed E-state index contributed by atoms with van der Waals surface area (Å²) in [7, 11) is 0. The van der Waals surface area contributed by atoms with Gasteiger partial charge in [0.05, 0.1) is 13.2 Å². The van der Waals surface area contributed by atoms with Gasteiger partial charge in [-0.05, 0) is 67.6 Å². The Kier molecular flexibility index (Phi) is 4.79. The highest BCUT2D eigenvalue weighted by atomic mass is 16.7. The highest BCUT2D eigenvalue weighted by Gasteiger charge is 2.67. The zero-order valence-corrected chi connectivity index (χ0v) is 17.3. The van der Waals surface area contributed by atoms with E-state index >= 15 is 0 Å². The highest BCUT2D eigenvalue weighted by molar-refractivity contribution is 5.79. The Labute approximate surface area is 159 Å². The molecule has 4 aliphatic carbocycles. The lowest BCUT2D eigenvalue weighted by Crippen LogP contribution is -2.56. The van der Waals surface area contributed by atoms with Crippen molar-refractivity contribution in [2.24, 2.45) is 34.5 Å². The van der Waals surface area contributed by atoms with E-state index < -0.39 is 0 Å². The third-order valence-corrected chi connectivity index (χ3v) is 9.28. The van der Waals surface area contributed by atoms with Crippen molar-refractivity contribution in [3.05, 3.63) is 0 Å². The van der Waals surface area contributed by atoms with Gasteiger partial charge in [0.25, 0.3) is 0 Å². The van der Waals surface area contributed by atoms with Gasteiger partial charge in [0.15, 0.2) is 5.79 Å². The van der Waals surface area contributed by atoms with E-state index in [1.165, 1.54) is 32.1 Å². The van der Waals surface area contributed by atoms with Crippen LogP contribution in [0.2, 0.25) is 0 Å². The number of ether oxygens (including phenoxy) is 2. The van der Waals surface area contributed by atoms with Gasteiger partial charge >= 0.3 is 0 Å². The van der Waals surface area contributed by atoms with Gasteiger partial charge in [0.2, 0.25) is 0 Å². The van der Waals surface area contributed by atoms with Gasteiger partial charge in [-0.25, -0.2) is 0 Å². The maximum atomic E-state index is 12.0. The lowest BCUT2D eigenvalue weighted by Gasteiger charge is -2.60. The number of carbonyl (C=O) groups excluding carboxylic acids is 1. The molecule has 3 heteroatoms. The maximum absolute atomic E-state index is 12.0. The van der Waals surface area contributed by atoms with E-state index in [1.54, 1.807) is 0 Å². The zero-order chi connectivity index (χ0) is 18.6. The smallest absolute Gasteiger partial charge is 0.174 e. The van der Waals surface area contributed by atoms with Crippen LogP contribution in [0.15, 0.2) is 0 Å². The van der Waals surface area contributed by atoms with Crippen LogP contribution in [-0.4, -0.2) is 24.8 Å². The average Bonchev–Trinajstić information content (AvgIpc) is 3.24. The normalized spacial score (nSPS) is 49.0. The van der Waals surface area contributed by atoms with Crippen LogP contribution in [0.25, 0.3) is 0 Å². The van der Waals surface area contributed by atoms with Crippen LogP contribution in [0, 0.1) is 34.5 Å². The molecule has 6 unspecified atom stereocenters. The summed E-state index contributed by atoms with van der Waals surface area (Å²) in [5.74, 6) is 3.29. The molecule has 1 aliphatic heterocycles. The van der Waals surface area contributed by atoms with Crippen molar-refractivity contribution in [2.75, 3.05) is 13.2 Å². The molecule has 5 fully saturated rings. The predicted molar refractivity (Wildman–Crippen MR) is 103 cm³/mol. The summed E-state index contributed by atoms with van der Waals surface area (Å²) < 4.78 is 12.5. The van der Waals surface area contributed by atoms with Crippen molar-refractivity contribution in [2.45, 2.75) is 91.3 Å². The van der Waals surface area contributed by atoms with Crippen molar-refractivity contribution in [1.29, 1.82) is 0 Å². The molecule has 4 saturated carbocycles. The van der Waals surface area contributed by atoms with E-state index in [-0.39, 0.29) is 11.2 Å². The summed E-state index contributed by atoms with van der Waals surface area (Å²) in [5.41, 5.74) is 0.615. The molecule has 5 rings (SSSR count). The number of rotatable bonds is 0. The average molecular weight is 363 g/mol. The second-order valence-corrected chi connectivity index (χ2v) is 9.84. The summed E-state index contributed by atoms with van der Waals surface area (Å²) in [6.45, 7) is 10.5. The van der Waals surface area contributed by atoms with Crippen LogP contribution in [0.3, 0.4) is 0 Å². The minimum Gasteiger partial charge on any atom is -0.347 e. The van der Waals surface area contributed by atoms with Crippen LogP contribution in [0.4, 0.5) is 0 Å². The van der Waals surface area contributed by atoms with Gasteiger partial charge in [0.1, 0.15) is 5.78 Å². The van der Waals surface area contributed by atoms with Crippen molar-refractivity contribution in [3.63, 3.8) is 0 Å². The minimum atomic E-state index is -0.275. The Bertz CT molecular complexity index is 552. The molecule has 0 aromatic rings. The van der Waals surface area contributed by atoms with E-state index in [2.05, 4.69) is 13.8 Å². The van der Waals surface area contributed by atoms with Crippen molar-refractivity contribution in [3.8, 4) is 0 Å². The molecule has 1 spiro atoms. The van der Waals surface area contributed by atoms with E-state index in [9.17, 15) is 4.79 Å². The second kappa shape index (κ2) is 6.58. The van der Waals surface area contributed by atoms with Gasteiger partial charge in [0, 0.05) is 24.7 Å². The molecule has 26 heavy (non-hydrogen) atoms. The quantitative estimate of drug-likeness (QED) is 0.581. The van der Waals surface area contributed by atoms with Crippen LogP contribution in [-0.2, 0) is 14.3 Å². The Morgan fingerprint density at radius 1 is 0.885 bits per heavy atom. The number of hydrogen-bond acceptors (Lipinski definition) is 3. The number of carbonyl (C=O) groups is 1. The van der Waals surface area contributed by atoms with Gasteiger partial charge in [-0.15, -0.1) is 0 Å². The van der Waals surface area contributed by atoms with E-state index in [1.807, 2.05) is 13.8 Å². The summed E-state index contributed by atoms with van der Waals surface area (Å²) >= 11 is 0. The van der Waals surface area contributed by atoms with Crippen LogP contribution in [0.5, 0.6) is 0 Å². The molecule has 0 bridgehead atoms. The van der Waals surface area contributed by atoms with Crippen LogP contribution in [0.1, 0.15) is 85.5 Å².